The number of carbonyl (C=O) groups is 1. The molecule has 0 aliphatic carbocycles. The van der Waals surface area contributed by atoms with Crippen LogP contribution in [0.4, 0.5) is 11.4 Å². The highest BCUT2D eigenvalue weighted by atomic mass is 16.5. The molecule has 0 saturated carbocycles. The van der Waals surface area contributed by atoms with Crippen molar-refractivity contribution in [2.24, 2.45) is 0 Å². The van der Waals surface area contributed by atoms with E-state index in [1.54, 1.807) is 7.11 Å². The monoisotopic (exact) mass is 220 g/mol. The van der Waals surface area contributed by atoms with Gasteiger partial charge in [-0.15, -0.1) is 0 Å². The number of carbonyl (C=O) groups excluding carboxylic acids is 1. The molecule has 0 saturated heterocycles. The second-order valence-corrected chi connectivity index (χ2v) is 4.02. The maximum Gasteiger partial charge on any atom is 0.247 e. The Labute approximate surface area is 95.0 Å². The highest BCUT2D eigenvalue weighted by Crippen LogP contribution is 2.28. The fraction of sp³-hybridized carbons (Fsp3) is 0.417. The van der Waals surface area contributed by atoms with Crippen molar-refractivity contribution in [3.8, 4) is 0 Å². The standard InChI is InChI=1S/C12H16N2O2/c1-8-3-4-9-11(7-8)13-10(5-6-16-2)12(15)14-9/h3-4,7,10,13H,5-6H2,1-2H3,(H,14,15). The Bertz CT molecular complexity index is 404. The second-order valence-electron chi connectivity index (χ2n) is 4.02. The molecule has 0 aromatic heterocycles. The minimum atomic E-state index is -0.200. The number of hydrogen-bond acceptors (Lipinski definition) is 3. The van der Waals surface area contributed by atoms with Crippen molar-refractivity contribution in [3.63, 3.8) is 0 Å². The number of methoxy groups -OCH3 is 1. The molecule has 1 aromatic rings. The minimum absolute atomic E-state index is 0.00778. The summed E-state index contributed by atoms with van der Waals surface area (Å²) in [6, 6.07) is 5.74. The van der Waals surface area contributed by atoms with E-state index in [0.29, 0.717) is 13.0 Å². The Kier molecular flexibility index (Phi) is 3.10. The minimum Gasteiger partial charge on any atom is -0.385 e. The van der Waals surface area contributed by atoms with E-state index in [9.17, 15) is 4.79 Å². The predicted octanol–water partition coefficient (Wildman–Crippen LogP) is 1.76. The first-order valence-electron chi connectivity index (χ1n) is 5.37. The SMILES string of the molecule is COCCC1Nc2cc(C)ccc2NC1=O. The molecule has 1 heterocycles. The van der Waals surface area contributed by atoms with Crippen molar-refractivity contribution in [2.75, 3.05) is 24.4 Å². The Morgan fingerprint density at radius 1 is 1.38 bits per heavy atom. The van der Waals surface area contributed by atoms with Gasteiger partial charge in [0, 0.05) is 13.7 Å². The van der Waals surface area contributed by atoms with E-state index in [-0.39, 0.29) is 11.9 Å². The zero-order chi connectivity index (χ0) is 11.5. The van der Waals surface area contributed by atoms with Gasteiger partial charge in [-0.25, -0.2) is 0 Å². The first-order valence-corrected chi connectivity index (χ1v) is 5.37. The van der Waals surface area contributed by atoms with Crippen LogP contribution in [0.2, 0.25) is 0 Å². The molecule has 16 heavy (non-hydrogen) atoms. The summed E-state index contributed by atoms with van der Waals surface area (Å²) >= 11 is 0. The number of hydrogen-bond donors (Lipinski definition) is 2. The van der Waals surface area contributed by atoms with Gasteiger partial charge < -0.3 is 15.4 Å². The number of ether oxygens (including phenoxy) is 1. The van der Waals surface area contributed by atoms with Crippen LogP contribution in [0.15, 0.2) is 18.2 Å². The quantitative estimate of drug-likeness (QED) is 0.816. The molecule has 86 valence electrons. The van der Waals surface area contributed by atoms with E-state index < -0.39 is 0 Å². The number of benzene rings is 1. The molecular weight excluding hydrogens is 204 g/mol. The molecule has 1 unspecified atom stereocenters. The van der Waals surface area contributed by atoms with E-state index in [2.05, 4.69) is 10.6 Å². The van der Waals surface area contributed by atoms with Gasteiger partial charge in [-0.05, 0) is 31.0 Å². The average Bonchev–Trinajstić information content (AvgIpc) is 2.27. The summed E-state index contributed by atoms with van der Waals surface area (Å²) in [7, 11) is 1.64. The molecule has 1 amide bonds. The summed E-state index contributed by atoms with van der Waals surface area (Å²) in [6.45, 7) is 2.61. The fourth-order valence-corrected chi connectivity index (χ4v) is 1.80. The summed E-state index contributed by atoms with van der Waals surface area (Å²) < 4.78 is 4.98. The highest BCUT2D eigenvalue weighted by Gasteiger charge is 2.24. The van der Waals surface area contributed by atoms with E-state index >= 15 is 0 Å². The van der Waals surface area contributed by atoms with Gasteiger partial charge in [0.1, 0.15) is 6.04 Å². The lowest BCUT2D eigenvalue weighted by atomic mass is 10.1. The molecule has 2 rings (SSSR count). The molecule has 0 radical (unpaired) electrons. The van der Waals surface area contributed by atoms with Crippen LogP contribution in [0.1, 0.15) is 12.0 Å². The third-order valence-electron chi connectivity index (χ3n) is 2.69. The molecule has 1 aromatic carbocycles. The van der Waals surface area contributed by atoms with E-state index in [1.807, 2.05) is 25.1 Å². The molecule has 1 atom stereocenters. The van der Waals surface area contributed by atoms with Crippen LogP contribution in [0.3, 0.4) is 0 Å². The summed E-state index contributed by atoms with van der Waals surface area (Å²) in [5, 5.41) is 6.12. The molecule has 2 N–H and O–H groups in total. The van der Waals surface area contributed by atoms with Gasteiger partial charge in [0.2, 0.25) is 5.91 Å². The predicted molar refractivity (Wildman–Crippen MR) is 63.7 cm³/mol. The van der Waals surface area contributed by atoms with Gasteiger partial charge in [-0.1, -0.05) is 6.07 Å². The molecule has 0 bridgehead atoms. The zero-order valence-electron chi connectivity index (χ0n) is 9.54. The topological polar surface area (TPSA) is 50.4 Å². The van der Waals surface area contributed by atoms with Gasteiger partial charge in [0.25, 0.3) is 0 Å². The number of amides is 1. The van der Waals surface area contributed by atoms with Crippen molar-refractivity contribution in [3.05, 3.63) is 23.8 Å². The van der Waals surface area contributed by atoms with Gasteiger partial charge >= 0.3 is 0 Å². The lowest BCUT2D eigenvalue weighted by molar-refractivity contribution is -0.117. The fourth-order valence-electron chi connectivity index (χ4n) is 1.80. The first-order chi connectivity index (χ1) is 7.70. The summed E-state index contributed by atoms with van der Waals surface area (Å²) in [6.07, 6.45) is 0.676. The smallest absolute Gasteiger partial charge is 0.247 e. The Morgan fingerprint density at radius 2 is 2.19 bits per heavy atom. The van der Waals surface area contributed by atoms with Crippen LogP contribution in [0.25, 0.3) is 0 Å². The van der Waals surface area contributed by atoms with Crippen molar-refractivity contribution < 1.29 is 9.53 Å². The molecule has 4 nitrogen and oxygen atoms in total. The van der Waals surface area contributed by atoms with Gasteiger partial charge in [-0.2, -0.15) is 0 Å². The van der Waals surface area contributed by atoms with Crippen LogP contribution >= 0.6 is 0 Å². The van der Waals surface area contributed by atoms with Crippen molar-refractivity contribution >= 4 is 17.3 Å². The second kappa shape index (κ2) is 4.53. The van der Waals surface area contributed by atoms with E-state index in [0.717, 1.165) is 11.4 Å². The van der Waals surface area contributed by atoms with Gasteiger partial charge in [0.15, 0.2) is 0 Å². The third-order valence-corrected chi connectivity index (χ3v) is 2.69. The van der Waals surface area contributed by atoms with Crippen molar-refractivity contribution in [1.29, 1.82) is 0 Å². The Balaban J connectivity index is 2.16. The normalized spacial score (nSPS) is 18.6. The maximum absolute atomic E-state index is 11.7. The number of nitrogens with one attached hydrogen (secondary N) is 2. The number of aryl methyl sites for hydroxylation is 1. The summed E-state index contributed by atoms with van der Waals surface area (Å²) in [5.74, 6) is 0.00778. The molecular formula is C12H16N2O2. The highest BCUT2D eigenvalue weighted by molar-refractivity contribution is 6.02. The number of rotatable bonds is 3. The third kappa shape index (κ3) is 2.17. The Hall–Kier alpha value is -1.55. The van der Waals surface area contributed by atoms with Crippen LogP contribution in [-0.4, -0.2) is 25.7 Å². The van der Waals surface area contributed by atoms with Crippen molar-refractivity contribution in [2.45, 2.75) is 19.4 Å². The molecule has 0 fully saturated rings. The Morgan fingerprint density at radius 3 is 2.94 bits per heavy atom. The van der Waals surface area contributed by atoms with Gasteiger partial charge in [-0.3, -0.25) is 4.79 Å². The lowest BCUT2D eigenvalue weighted by Crippen LogP contribution is -2.39. The molecule has 4 heteroatoms. The summed E-state index contributed by atoms with van der Waals surface area (Å²) in [5.41, 5.74) is 3.01. The van der Waals surface area contributed by atoms with Crippen LogP contribution < -0.4 is 10.6 Å². The lowest BCUT2D eigenvalue weighted by Gasteiger charge is -2.26. The number of anilines is 2. The molecule has 1 aliphatic heterocycles. The zero-order valence-corrected chi connectivity index (χ0v) is 9.54. The van der Waals surface area contributed by atoms with Gasteiger partial charge in [0.05, 0.1) is 11.4 Å². The number of fused-ring (bicyclic) bond motifs is 1. The maximum atomic E-state index is 11.7. The van der Waals surface area contributed by atoms with Crippen molar-refractivity contribution in [1.82, 2.24) is 0 Å². The van der Waals surface area contributed by atoms with E-state index in [4.69, 9.17) is 4.74 Å². The first kappa shape index (κ1) is 11.0. The largest absolute Gasteiger partial charge is 0.385 e. The molecule has 1 aliphatic rings. The van der Waals surface area contributed by atoms with Crippen LogP contribution in [-0.2, 0) is 9.53 Å². The van der Waals surface area contributed by atoms with E-state index in [1.165, 1.54) is 5.56 Å². The van der Waals surface area contributed by atoms with Crippen LogP contribution in [0.5, 0.6) is 0 Å². The molecule has 0 spiro atoms. The van der Waals surface area contributed by atoms with Crippen LogP contribution in [0, 0.1) is 6.92 Å². The average molecular weight is 220 g/mol. The summed E-state index contributed by atoms with van der Waals surface area (Å²) in [4.78, 5) is 11.7.